The normalized spacial score (nSPS) is 17.2. The summed E-state index contributed by atoms with van der Waals surface area (Å²) in [5.41, 5.74) is -0.128. The molecule has 138 valence electrons. The van der Waals surface area contributed by atoms with Gasteiger partial charge in [-0.05, 0) is 49.9 Å². The Morgan fingerprint density at radius 2 is 2.04 bits per heavy atom. The van der Waals surface area contributed by atoms with Gasteiger partial charge >= 0.3 is 0 Å². The molecular weight excluding hydrogens is 343 g/mol. The average Bonchev–Trinajstić information content (AvgIpc) is 2.68. The molecule has 0 saturated carbocycles. The van der Waals surface area contributed by atoms with Crippen LogP contribution in [0.2, 0.25) is 0 Å². The van der Waals surface area contributed by atoms with E-state index in [1.807, 2.05) is 0 Å². The third-order valence-electron chi connectivity index (χ3n) is 4.68. The third kappa shape index (κ3) is 3.66. The van der Waals surface area contributed by atoms with Gasteiger partial charge in [0.05, 0.1) is 5.69 Å². The van der Waals surface area contributed by atoms with Crippen molar-refractivity contribution < 1.29 is 18.0 Å². The van der Waals surface area contributed by atoms with Gasteiger partial charge in [0, 0.05) is 24.3 Å². The van der Waals surface area contributed by atoms with Crippen molar-refractivity contribution in [1.29, 1.82) is 0 Å². The number of rotatable bonds is 4. The molecule has 2 heterocycles. The zero-order chi connectivity index (χ0) is 18.7. The lowest BCUT2D eigenvalue weighted by Crippen LogP contribution is -2.39. The zero-order valence-corrected chi connectivity index (χ0v) is 14.4. The number of benzene rings is 1. The molecule has 0 bridgehead atoms. The molecule has 1 aliphatic rings. The van der Waals surface area contributed by atoms with E-state index < -0.39 is 29.0 Å². The first kappa shape index (κ1) is 18.2. The Balaban J connectivity index is 1.81. The number of pyridine rings is 1. The van der Waals surface area contributed by atoms with Crippen LogP contribution in [0.5, 0.6) is 0 Å². The van der Waals surface area contributed by atoms with Gasteiger partial charge in [0.2, 0.25) is 0 Å². The Hall–Kier alpha value is -2.57. The second-order valence-corrected chi connectivity index (χ2v) is 6.33. The zero-order valence-electron chi connectivity index (χ0n) is 14.4. The summed E-state index contributed by atoms with van der Waals surface area (Å²) >= 11 is 0. The number of hydrogen-bond acceptors (Lipinski definition) is 3. The molecule has 1 aromatic heterocycles. The lowest BCUT2D eigenvalue weighted by molar-refractivity contribution is 0.102. The first-order valence-corrected chi connectivity index (χ1v) is 8.68. The van der Waals surface area contributed by atoms with Crippen LogP contribution in [0.25, 0.3) is 0 Å². The van der Waals surface area contributed by atoms with Crippen LogP contribution in [0.15, 0.2) is 30.5 Å². The number of halogens is 3. The van der Waals surface area contributed by atoms with Crippen LogP contribution >= 0.6 is 0 Å². The first-order chi connectivity index (χ1) is 12.5. The Bertz CT molecular complexity index is 813. The summed E-state index contributed by atoms with van der Waals surface area (Å²) in [4.78, 5) is 18.9. The number of nitrogens with one attached hydrogen (secondary N) is 1. The van der Waals surface area contributed by atoms with Gasteiger partial charge in [-0.25, -0.2) is 18.2 Å². The molecule has 1 atom stereocenters. The van der Waals surface area contributed by atoms with Gasteiger partial charge < -0.3 is 10.2 Å². The highest BCUT2D eigenvalue weighted by Gasteiger charge is 2.23. The largest absolute Gasteiger partial charge is 0.354 e. The van der Waals surface area contributed by atoms with Gasteiger partial charge in [0.15, 0.2) is 17.5 Å². The smallest absolute Gasteiger partial charge is 0.255 e. The highest BCUT2D eigenvalue weighted by molar-refractivity contribution is 6.04. The Labute approximate surface area is 150 Å². The van der Waals surface area contributed by atoms with Crippen LogP contribution in [-0.4, -0.2) is 23.5 Å². The predicted molar refractivity (Wildman–Crippen MR) is 93.8 cm³/mol. The highest BCUT2D eigenvalue weighted by atomic mass is 19.2. The molecule has 0 aliphatic carbocycles. The first-order valence-electron chi connectivity index (χ1n) is 8.68. The quantitative estimate of drug-likeness (QED) is 0.813. The SMILES string of the molecule is CCC1CCCCN1c1cc(C(=O)Nc2ccc(F)c(F)c2F)ccn1. The van der Waals surface area contributed by atoms with Crippen molar-refractivity contribution >= 4 is 17.4 Å². The topological polar surface area (TPSA) is 45.2 Å². The predicted octanol–water partition coefficient (Wildman–Crippen LogP) is 4.52. The summed E-state index contributed by atoms with van der Waals surface area (Å²) < 4.78 is 40.1. The van der Waals surface area contributed by atoms with Gasteiger partial charge in [-0.2, -0.15) is 0 Å². The summed E-state index contributed by atoms with van der Waals surface area (Å²) in [6.45, 7) is 2.99. The standard InChI is InChI=1S/C19H20F3N3O/c1-2-13-5-3-4-10-25(13)16-11-12(8-9-23-16)19(26)24-15-7-6-14(20)17(21)18(15)22/h6-9,11,13H,2-5,10H2,1H3,(H,24,26). The van der Waals surface area contributed by atoms with Crippen molar-refractivity contribution in [2.45, 2.75) is 38.6 Å². The molecule has 7 heteroatoms. The summed E-state index contributed by atoms with van der Waals surface area (Å²) in [6, 6.07) is 5.28. The molecule has 1 amide bonds. The summed E-state index contributed by atoms with van der Waals surface area (Å²) in [7, 11) is 0. The number of nitrogens with zero attached hydrogens (tertiary/aromatic N) is 2. The minimum absolute atomic E-state index is 0.277. The van der Waals surface area contributed by atoms with Gasteiger partial charge in [0.25, 0.3) is 5.91 Å². The van der Waals surface area contributed by atoms with Crippen LogP contribution < -0.4 is 10.2 Å². The summed E-state index contributed by atoms with van der Waals surface area (Å²) in [6.07, 6.45) is 5.82. The second-order valence-electron chi connectivity index (χ2n) is 6.33. The molecule has 1 fully saturated rings. The number of carbonyl (C=O) groups is 1. The van der Waals surface area contributed by atoms with Crippen molar-refractivity contribution in [3.8, 4) is 0 Å². The van der Waals surface area contributed by atoms with E-state index in [4.69, 9.17) is 0 Å². The molecule has 0 radical (unpaired) electrons. The molecule has 1 aromatic carbocycles. The number of amides is 1. The fraction of sp³-hybridized carbons (Fsp3) is 0.368. The molecule has 1 aliphatic heterocycles. The number of aromatic nitrogens is 1. The van der Waals surface area contributed by atoms with Crippen molar-refractivity contribution in [2.24, 2.45) is 0 Å². The molecule has 3 rings (SSSR count). The number of hydrogen-bond donors (Lipinski definition) is 1. The van der Waals surface area contributed by atoms with E-state index in [2.05, 4.69) is 22.1 Å². The number of anilines is 2. The van der Waals surface area contributed by atoms with E-state index in [1.54, 1.807) is 6.07 Å². The Morgan fingerprint density at radius 3 is 2.81 bits per heavy atom. The molecule has 2 aromatic rings. The van der Waals surface area contributed by atoms with Crippen LogP contribution in [-0.2, 0) is 0 Å². The van der Waals surface area contributed by atoms with Gasteiger partial charge in [0.1, 0.15) is 5.82 Å². The lowest BCUT2D eigenvalue weighted by Gasteiger charge is -2.36. The molecule has 26 heavy (non-hydrogen) atoms. The van der Waals surface area contributed by atoms with Crippen molar-refractivity contribution in [3.63, 3.8) is 0 Å². The lowest BCUT2D eigenvalue weighted by atomic mass is 10.00. The van der Waals surface area contributed by atoms with E-state index in [0.29, 0.717) is 11.9 Å². The molecule has 1 N–H and O–H groups in total. The molecule has 1 saturated heterocycles. The van der Waals surface area contributed by atoms with Crippen LogP contribution in [0.3, 0.4) is 0 Å². The number of piperidine rings is 1. The van der Waals surface area contributed by atoms with Gasteiger partial charge in [-0.1, -0.05) is 6.92 Å². The number of carbonyl (C=O) groups excluding carboxylic acids is 1. The second kappa shape index (κ2) is 7.76. The van der Waals surface area contributed by atoms with E-state index >= 15 is 0 Å². The molecular formula is C19H20F3N3O. The molecule has 4 nitrogen and oxygen atoms in total. The fourth-order valence-electron chi connectivity index (χ4n) is 3.26. The van der Waals surface area contributed by atoms with Crippen LogP contribution in [0.4, 0.5) is 24.7 Å². The highest BCUT2D eigenvalue weighted by Crippen LogP contribution is 2.26. The van der Waals surface area contributed by atoms with E-state index in [0.717, 1.165) is 37.9 Å². The molecule has 0 spiro atoms. The van der Waals surface area contributed by atoms with E-state index in [1.165, 1.54) is 18.7 Å². The maximum atomic E-state index is 13.8. The van der Waals surface area contributed by atoms with Crippen molar-refractivity contribution in [3.05, 3.63) is 53.5 Å². The monoisotopic (exact) mass is 363 g/mol. The van der Waals surface area contributed by atoms with E-state index in [9.17, 15) is 18.0 Å². The van der Waals surface area contributed by atoms with Crippen LogP contribution in [0, 0.1) is 17.5 Å². The summed E-state index contributed by atoms with van der Waals surface area (Å²) in [5.74, 6) is -4.26. The summed E-state index contributed by atoms with van der Waals surface area (Å²) in [5, 5.41) is 2.28. The van der Waals surface area contributed by atoms with Gasteiger partial charge in [-0.3, -0.25) is 4.79 Å². The van der Waals surface area contributed by atoms with E-state index in [-0.39, 0.29) is 5.56 Å². The Kier molecular flexibility index (Phi) is 5.44. The van der Waals surface area contributed by atoms with Crippen molar-refractivity contribution in [1.82, 2.24) is 4.98 Å². The minimum Gasteiger partial charge on any atom is -0.354 e. The average molecular weight is 363 g/mol. The maximum Gasteiger partial charge on any atom is 0.255 e. The third-order valence-corrected chi connectivity index (χ3v) is 4.68. The van der Waals surface area contributed by atoms with Gasteiger partial charge in [-0.15, -0.1) is 0 Å². The Morgan fingerprint density at radius 1 is 1.23 bits per heavy atom. The maximum absolute atomic E-state index is 13.8. The molecule has 1 unspecified atom stereocenters. The van der Waals surface area contributed by atoms with Crippen molar-refractivity contribution in [2.75, 3.05) is 16.8 Å². The van der Waals surface area contributed by atoms with Crippen LogP contribution in [0.1, 0.15) is 43.0 Å². The fourth-order valence-corrected chi connectivity index (χ4v) is 3.26. The minimum atomic E-state index is -1.61.